The molecule has 7 nitrogen and oxygen atoms in total. The number of carbonyl (C=O) groups excluding carboxylic acids is 3. The average molecular weight is 412 g/mol. The lowest BCUT2D eigenvalue weighted by Gasteiger charge is -2.29. The van der Waals surface area contributed by atoms with Crippen LogP contribution in [0, 0.1) is 0 Å². The number of amides is 3. The maximum Gasteiger partial charge on any atom is 0.401 e. The van der Waals surface area contributed by atoms with Gasteiger partial charge in [-0.05, 0) is 30.7 Å². The molecule has 2 aliphatic rings. The molecular weight excluding hydrogens is 389 g/mol. The minimum Gasteiger partial charge on any atom is -0.322 e. The standard InChI is InChI=1S/C19H23F3N4O3/c1-23-6-7-25(11-19(20,21)22)9-12-2-3-14-13(8-12)10-26(18(14)29)15-4-5-16(27)24-17(15)28/h2-3,8,15,23H,4-7,9-11H2,1H3,(H,24,27,28). The van der Waals surface area contributed by atoms with Gasteiger partial charge in [0.15, 0.2) is 0 Å². The molecule has 0 aliphatic carbocycles. The second kappa shape index (κ2) is 8.50. The van der Waals surface area contributed by atoms with Crippen LogP contribution in [0.1, 0.15) is 34.3 Å². The Morgan fingerprint density at radius 1 is 1.28 bits per heavy atom. The summed E-state index contributed by atoms with van der Waals surface area (Å²) >= 11 is 0. The molecule has 3 rings (SSSR count). The van der Waals surface area contributed by atoms with Crippen LogP contribution in [0.25, 0.3) is 0 Å². The Bertz CT molecular complexity index is 812. The molecule has 2 N–H and O–H groups in total. The summed E-state index contributed by atoms with van der Waals surface area (Å²) in [5.41, 5.74) is 1.79. The molecule has 3 amide bonds. The Labute approximate surface area is 166 Å². The van der Waals surface area contributed by atoms with E-state index in [0.717, 1.165) is 0 Å². The van der Waals surface area contributed by atoms with Gasteiger partial charge >= 0.3 is 6.18 Å². The molecule has 0 aromatic heterocycles. The molecule has 0 radical (unpaired) electrons. The van der Waals surface area contributed by atoms with Crippen molar-refractivity contribution in [2.75, 3.05) is 26.7 Å². The second-order valence-electron chi connectivity index (χ2n) is 7.32. The fourth-order valence-corrected chi connectivity index (χ4v) is 3.72. The molecule has 29 heavy (non-hydrogen) atoms. The van der Waals surface area contributed by atoms with Crippen LogP contribution in [0.4, 0.5) is 13.2 Å². The number of hydrogen-bond donors (Lipinski definition) is 2. The number of nitrogens with zero attached hydrogens (tertiary/aromatic N) is 2. The van der Waals surface area contributed by atoms with Gasteiger partial charge in [-0.3, -0.25) is 24.6 Å². The van der Waals surface area contributed by atoms with Crippen molar-refractivity contribution in [2.24, 2.45) is 0 Å². The molecule has 10 heteroatoms. The smallest absolute Gasteiger partial charge is 0.322 e. The number of halogens is 3. The molecule has 1 unspecified atom stereocenters. The van der Waals surface area contributed by atoms with Gasteiger partial charge in [-0.1, -0.05) is 12.1 Å². The Hall–Kier alpha value is -2.46. The van der Waals surface area contributed by atoms with Crippen molar-refractivity contribution in [3.05, 3.63) is 34.9 Å². The molecule has 0 spiro atoms. The topological polar surface area (TPSA) is 81.8 Å². The monoisotopic (exact) mass is 412 g/mol. The number of likely N-dealkylation sites (N-methyl/N-ethyl adjacent to an activating group) is 1. The summed E-state index contributed by atoms with van der Waals surface area (Å²) in [6.45, 7) is -0.0739. The van der Waals surface area contributed by atoms with E-state index in [1.165, 1.54) is 9.80 Å². The van der Waals surface area contributed by atoms with Crippen LogP contribution in [0.2, 0.25) is 0 Å². The van der Waals surface area contributed by atoms with Crippen LogP contribution in [-0.2, 0) is 22.7 Å². The van der Waals surface area contributed by atoms with Crippen molar-refractivity contribution < 1.29 is 27.6 Å². The van der Waals surface area contributed by atoms with Crippen molar-refractivity contribution in [1.29, 1.82) is 0 Å². The van der Waals surface area contributed by atoms with Crippen LogP contribution in [0.5, 0.6) is 0 Å². The summed E-state index contributed by atoms with van der Waals surface area (Å²) in [5.74, 6) is -1.15. The number of piperidine rings is 1. The lowest BCUT2D eigenvalue weighted by Crippen LogP contribution is -2.52. The van der Waals surface area contributed by atoms with Crippen LogP contribution in [0.15, 0.2) is 18.2 Å². The molecule has 2 heterocycles. The van der Waals surface area contributed by atoms with Gasteiger partial charge in [0, 0.05) is 38.2 Å². The normalized spacial score (nSPS) is 19.7. The quantitative estimate of drug-likeness (QED) is 0.654. The molecule has 1 atom stereocenters. The van der Waals surface area contributed by atoms with E-state index in [2.05, 4.69) is 10.6 Å². The van der Waals surface area contributed by atoms with Gasteiger partial charge in [-0.25, -0.2) is 0 Å². The third kappa shape index (κ3) is 5.13. The molecule has 158 valence electrons. The zero-order valence-electron chi connectivity index (χ0n) is 16.0. The van der Waals surface area contributed by atoms with Gasteiger partial charge in [0.1, 0.15) is 6.04 Å². The molecule has 1 aromatic rings. The lowest BCUT2D eigenvalue weighted by molar-refractivity contribution is -0.147. The predicted octanol–water partition coefficient (Wildman–Crippen LogP) is 1.03. The third-order valence-electron chi connectivity index (χ3n) is 5.08. The summed E-state index contributed by atoms with van der Waals surface area (Å²) in [6.07, 6.45) is -3.87. The van der Waals surface area contributed by atoms with Crippen molar-refractivity contribution in [3.63, 3.8) is 0 Å². The Kier molecular flexibility index (Phi) is 6.23. The first-order chi connectivity index (χ1) is 13.7. The van der Waals surface area contributed by atoms with E-state index in [1.807, 2.05) is 0 Å². The van der Waals surface area contributed by atoms with E-state index < -0.39 is 24.7 Å². The fourth-order valence-electron chi connectivity index (χ4n) is 3.72. The van der Waals surface area contributed by atoms with Crippen LogP contribution in [0.3, 0.4) is 0 Å². The SMILES string of the molecule is CNCCN(Cc1ccc2c(c1)CN(C1CCC(=O)NC1=O)C2=O)CC(F)(F)F. The summed E-state index contributed by atoms with van der Waals surface area (Å²) in [5, 5.41) is 5.09. The van der Waals surface area contributed by atoms with E-state index in [9.17, 15) is 27.6 Å². The van der Waals surface area contributed by atoms with Crippen LogP contribution >= 0.6 is 0 Å². The van der Waals surface area contributed by atoms with E-state index in [-0.39, 0.29) is 44.3 Å². The second-order valence-corrected chi connectivity index (χ2v) is 7.32. The molecular formula is C19H23F3N4O3. The molecule has 1 fully saturated rings. The predicted molar refractivity (Wildman–Crippen MR) is 97.7 cm³/mol. The highest BCUT2D eigenvalue weighted by Crippen LogP contribution is 2.29. The number of benzene rings is 1. The first-order valence-electron chi connectivity index (χ1n) is 9.38. The van der Waals surface area contributed by atoms with Gasteiger partial charge in [-0.2, -0.15) is 13.2 Å². The summed E-state index contributed by atoms with van der Waals surface area (Å²) in [7, 11) is 1.68. The highest BCUT2D eigenvalue weighted by molar-refractivity contribution is 6.05. The highest BCUT2D eigenvalue weighted by atomic mass is 19.4. The minimum absolute atomic E-state index is 0.0983. The number of nitrogens with one attached hydrogen (secondary N) is 2. The Balaban J connectivity index is 1.73. The number of hydrogen-bond acceptors (Lipinski definition) is 5. The van der Waals surface area contributed by atoms with E-state index in [4.69, 9.17) is 0 Å². The maximum atomic E-state index is 12.9. The first kappa shape index (κ1) is 21.3. The van der Waals surface area contributed by atoms with Crippen molar-refractivity contribution in [1.82, 2.24) is 20.4 Å². The molecule has 1 saturated heterocycles. The molecule has 0 bridgehead atoms. The van der Waals surface area contributed by atoms with Gasteiger partial charge in [-0.15, -0.1) is 0 Å². The van der Waals surface area contributed by atoms with E-state index in [1.54, 1.807) is 25.2 Å². The van der Waals surface area contributed by atoms with E-state index >= 15 is 0 Å². The van der Waals surface area contributed by atoms with Crippen molar-refractivity contribution in [2.45, 2.75) is 38.1 Å². The Morgan fingerprint density at radius 2 is 2.03 bits per heavy atom. The zero-order chi connectivity index (χ0) is 21.2. The molecule has 1 aromatic carbocycles. The number of alkyl halides is 3. The summed E-state index contributed by atoms with van der Waals surface area (Å²) < 4.78 is 38.6. The summed E-state index contributed by atoms with van der Waals surface area (Å²) in [6, 6.07) is 4.26. The van der Waals surface area contributed by atoms with Crippen molar-refractivity contribution in [3.8, 4) is 0 Å². The number of imide groups is 1. The Morgan fingerprint density at radius 3 is 2.69 bits per heavy atom. The fraction of sp³-hybridized carbons (Fsp3) is 0.526. The van der Waals surface area contributed by atoms with Gasteiger partial charge in [0.25, 0.3) is 5.91 Å². The van der Waals surface area contributed by atoms with Gasteiger partial charge in [0.05, 0.1) is 6.54 Å². The minimum atomic E-state index is -4.30. The number of carbonyl (C=O) groups is 3. The van der Waals surface area contributed by atoms with Gasteiger partial charge in [0.2, 0.25) is 11.8 Å². The summed E-state index contributed by atoms with van der Waals surface area (Å²) in [4.78, 5) is 38.8. The first-order valence-corrected chi connectivity index (χ1v) is 9.38. The molecule has 0 saturated carbocycles. The lowest BCUT2D eigenvalue weighted by atomic mass is 10.0. The van der Waals surface area contributed by atoms with Crippen LogP contribution in [-0.4, -0.2) is 66.4 Å². The number of fused-ring (bicyclic) bond motifs is 1. The highest BCUT2D eigenvalue weighted by Gasteiger charge is 2.39. The average Bonchev–Trinajstić information content (AvgIpc) is 2.94. The molecule has 2 aliphatic heterocycles. The van der Waals surface area contributed by atoms with E-state index in [0.29, 0.717) is 23.2 Å². The zero-order valence-corrected chi connectivity index (χ0v) is 16.0. The maximum absolute atomic E-state index is 12.9. The largest absolute Gasteiger partial charge is 0.401 e. The van der Waals surface area contributed by atoms with Gasteiger partial charge < -0.3 is 10.2 Å². The van der Waals surface area contributed by atoms with Crippen molar-refractivity contribution >= 4 is 17.7 Å². The third-order valence-corrected chi connectivity index (χ3v) is 5.08. The number of rotatable bonds is 7. The van der Waals surface area contributed by atoms with Crippen LogP contribution < -0.4 is 10.6 Å².